The Hall–Kier alpha value is -1.05. The van der Waals surface area contributed by atoms with Crippen LogP contribution in [0.2, 0.25) is 0 Å². The van der Waals surface area contributed by atoms with Gasteiger partial charge in [-0.3, -0.25) is 0 Å². The molecule has 0 saturated heterocycles. The standard InChI is InChI=1S/C13H18INO4/c1-3-18-11(16)13(14,12(17)19-4-2)7-10-15-8-5-6-9-15/h5-6,8-9H,3-4,7,10H2,1-2H3. The van der Waals surface area contributed by atoms with Gasteiger partial charge in [0.2, 0.25) is 3.42 Å². The number of nitrogens with zero attached hydrogens (tertiary/aromatic N) is 1. The second-order valence-corrected chi connectivity index (χ2v) is 5.75. The fourth-order valence-corrected chi connectivity index (χ4v) is 2.13. The predicted octanol–water partition coefficient (Wildman–Crippen LogP) is 2.18. The van der Waals surface area contributed by atoms with Gasteiger partial charge in [-0.1, -0.05) is 22.6 Å². The number of aromatic nitrogens is 1. The minimum absolute atomic E-state index is 0.243. The molecule has 0 aliphatic carbocycles. The molecule has 0 saturated carbocycles. The Morgan fingerprint density at radius 1 is 1.11 bits per heavy atom. The van der Waals surface area contributed by atoms with Crippen LogP contribution in [-0.4, -0.2) is 33.1 Å². The summed E-state index contributed by atoms with van der Waals surface area (Å²) >= 11 is 1.84. The summed E-state index contributed by atoms with van der Waals surface area (Å²) in [7, 11) is 0. The molecule has 5 nitrogen and oxygen atoms in total. The summed E-state index contributed by atoms with van der Waals surface area (Å²) in [4.78, 5) is 24.0. The van der Waals surface area contributed by atoms with Crippen molar-refractivity contribution in [3.05, 3.63) is 24.5 Å². The maximum Gasteiger partial charge on any atom is 0.333 e. The number of carbonyl (C=O) groups is 2. The lowest BCUT2D eigenvalue weighted by Crippen LogP contribution is -2.44. The van der Waals surface area contributed by atoms with Crippen LogP contribution in [0.25, 0.3) is 0 Å². The maximum absolute atomic E-state index is 12.0. The summed E-state index contributed by atoms with van der Waals surface area (Å²) in [6.07, 6.45) is 4.10. The fourth-order valence-electron chi connectivity index (χ4n) is 1.58. The number of aryl methyl sites for hydroxylation is 1. The highest BCUT2D eigenvalue weighted by molar-refractivity contribution is 14.1. The number of hydrogen-bond donors (Lipinski definition) is 0. The van der Waals surface area contributed by atoms with Crippen LogP contribution in [0.5, 0.6) is 0 Å². The molecule has 0 radical (unpaired) electrons. The Labute approximate surface area is 126 Å². The first-order chi connectivity index (χ1) is 9.04. The minimum Gasteiger partial charge on any atom is -0.465 e. The molecule has 0 N–H and O–H groups in total. The van der Waals surface area contributed by atoms with E-state index >= 15 is 0 Å². The van der Waals surface area contributed by atoms with Gasteiger partial charge in [0.15, 0.2) is 0 Å². The molecule has 106 valence electrons. The summed E-state index contributed by atoms with van der Waals surface area (Å²) in [6, 6.07) is 3.78. The first-order valence-corrected chi connectivity index (χ1v) is 7.26. The van der Waals surface area contributed by atoms with Crippen LogP contribution in [0, 0.1) is 0 Å². The Balaban J connectivity index is 2.78. The normalized spacial score (nSPS) is 11.1. The molecule has 0 bridgehead atoms. The number of ether oxygens (including phenoxy) is 2. The summed E-state index contributed by atoms with van der Waals surface area (Å²) in [5.41, 5.74) is 0. The molecule has 0 aliphatic heterocycles. The lowest BCUT2D eigenvalue weighted by atomic mass is 10.1. The topological polar surface area (TPSA) is 57.5 Å². The van der Waals surface area contributed by atoms with Crippen LogP contribution in [0.15, 0.2) is 24.5 Å². The third-order valence-corrected chi connectivity index (χ3v) is 4.00. The van der Waals surface area contributed by atoms with Gasteiger partial charge in [-0.05, 0) is 26.0 Å². The molecule has 0 aliphatic rings. The molecule has 1 rings (SSSR count). The van der Waals surface area contributed by atoms with Crippen molar-refractivity contribution >= 4 is 34.5 Å². The van der Waals surface area contributed by atoms with E-state index < -0.39 is 15.4 Å². The van der Waals surface area contributed by atoms with Gasteiger partial charge in [-0.15, -0.1) is 0 Å². The van der Waals surface area contributed by atoms with Gasteiger partial charge in [0.05, 0.1) is 13.2 Å². The van der Waals surface area contributed by atoms with Crippen LogP contribution < -0.4 is 0 Å². The van der Waals surface area contributed by atoms with Crippen LogP contribution in [0.4, 0.5) is 0 Å². The molecular weight excluding hydrogens is 361 g/mol. The van der Waals surface area contributed by atoms with Crippen LogP contribution in [0.3, 0.4) is 0 Å². The summed E-state index contributed by atoms with van der Waals surface area (Å²) < 4.78 is 10.6. The van der Waals surface area contributed by atoms with Crippen molar-refractivity contribution < 1.29 is 19.1 Å². The zero-order chi connectivity index (χ0) is 14.3. The van der Waals surface area contributed by atoms with E-state index in [0.29, 0.717) is 13.0 Å². The van der Waals surface area contributed by atoms with E-state index in [0.717, 1.165) is 0 Å². The van der Waals surface area contributed by atoms with Crippen LogP contribution >= 0.6 is 22.6 Å². The quantitative estimate of drug-likeness (QED) is 0.316. The van der Waals surface area contributed by atoms with Gasteiger partial charge >= 0.3 is 11.9 Å². The van der Waals surface area contributed by atoms with Crippen molar-refractivity contribution in [3.8, 4) is 0 Å². The summed E-state index contributed by atoms with van der Waals surface area (Å²) in [5.74, 6) is -1.08. The average Bonchev–Trinajstić information content (AvgIpc) is 2.89. The Kier molecular flexibility index (Phi) is 6.33. The highest BCUT2D eigenvalue weighted by Gasteiger charge is 2.46. The largest absolute Gasteiger partial charge is 0.465 e. The molecule has 0 spiro atoms. The third kappa shape index (κ3) is 4.22. The number of rotatable bonds is 7. The molecule has 0 atom stereocenters. The molecule has 1 heterocycles. The molecule has 6 heteroatoms. The smallest absolute Gasteiger partial charge is 0.333 e. The second-order valence-electron chi connectivity index (χ2n) is 3.91. The number of carbonyl (C=O) groups excluding carboxylic acids is 2. The van der Waals surface area contributed by atoms with E-state index in [1.54, 1.807) is 13.8 Å². The van der Waals surface area contributed by atoms with Crippen molar-refractivity contribution in [1.82, 2.24) is 4.57 Å². The first kappa shape index (κ1) is 16.0. The number of alkyl halides is 1. The van der Waals surface area contributed by atoms with Gasteiger partial charge in [-0.25, -0.2) is 9.59 Å². The zero-order valence-electron chi connectivity index (χ0n) is 11.1. The van der Waals surface area contributed by atoms with Crippen molar-refractivity contribution in [2.24, 2.45) is 0 Å². The van der Waals surface area contributed by atoms with E-state index in [1.807, 2.05) is 51.7 Å². The Morgan fingerprint density at radius 2 is 1.58 bits per heavy atom. The van der Waals surface area contributed by atoms with E-state index in [1.165, 1.54) is 0 Å². The summed E-state index contributed by atoms with van der Waals surface area (Å²) in [6.45, 7) is 4.46. The average molecular weight is 379 g/mol. The number of hydrogen-bond acceptors (Lipinski definition) is 4. The second kappa shape index (κ2) is 7.52. The predicted molar refractivity (Wildman–Crippen MR) is 79.1 cm³/mol. The van der Waals surface area contributed by atoms with E-state index in [4.69, 9.17) is 9.47 Å². The van der Waals surface area contributed by atoms with Crippen molar-refractivity contribution in [1.29, 1.82) is 0 Å². The molecule has 19 heavy (non-hydrogen) atoms. The third-order valence-electron chi connectivity index (χ3n) is 2.58. The van der Waals surface area contributed by atoms with Crippen molar-refractivity contribution in [2.45, 2.75) is 30.2 Å². The van der Waals surface area contributed by atoms with E-state index in [-0.39, 0.29) is 13.2 Å². The number of esters is 2. The van der Waals surface area contributed by atoms with Gasteiger partial charge in [-0.2, -0.15) is 0 Å². The maximum atomic E-state index is 12.0. The molecule has 1 aromatic rings. The molecule has 1 aromatic heterocycles. The lowest BCUT2D eigenvalue weighted by Gasteiger charge is -2.23. The fraction of sp³-hybridized carbons (Fsp3) is 0.538. The highest BCUT2D eigenvalue weighted by atomic mass is 127. The molecule has 0 fully saturated rings. The summed E-state index contributed by atoms with van der Waals surface area (Å²) in [5, 5.41) is 0. The molecular formula is C13H18INO4. The van der Waals surface area contributed by atoms with Crippen LogP contribution in [0.1, 0.15) is 20.3 Å². The van der Waals surface area contributed by atoms with Gasteiger partial charge in [0.25, 0.3) is 0 Å². The minimum atomic E-state index is -1.28. The number of halogens is 1. The monoisotopic (exact) mass is 379 g/mol. The van der Waals surface area contributed by atoms with Crippen molar-refractivity contribution in [2.75, 3.05) is 13.2 Å². The van der Waals surface area contributed by atoms with Crippen molar-refractivity contribution in [3.63, 3.8) is 0 Å². The molecule has 0 aromatic carbocycles. The Bertz CT molecular complexity index is 398. The van der Waals surface area contributed by atoms with Gasteiger partial charge in [0.1, 0.15) is 0 Å². The highest BCUT2D eigenvalue weighted by Crippen LogP contribution is 2.28. The zero-order valence-corrected chi connectivity index (χ0v) is 13.3. The molecule has 0 amide bonds. The van der Waals surface area contributed by atoms with E-state index in [2.05, 4.69) is 0 Å². The molecule has 0 unspecified atom stereocenters. The van der Waals surface area contributed by atoms with E-state index in [9.17, 15) is 9.59 Å². The Morgan fingerprint density at radius 3 is 2.00 bits per heavy atom. The van der Waals surface area contributed by atoms with Gasteiger partial charge in [0, 0.05) is 25.4 Å². The lowest BCUT2D eigenvalue weighted by molar-refractivity contribution is -0.158. The SMILES string of the molecule is CCOC(=O)C(I)(CCn1cccc1)C(=O)OCC. The van der Waals surface area contributed by atoms with Gasteiger partial charge < -0.3 is 14.0 Å². The van der Waals surface area contributed by atoms with Crippen LogP contribution in [-0.2, 0) is 25.6 Å². The first-order valence-electron chi connectivity index (χ1n) is 6.18.